The van der Waals surface area contributed by atoms with E-state index < -0.39 is 15.6 Å². The summed E-state index contributed by atoms with van der Waals surface area (Å²) in [6, 6.07) is 8.02. The van der Waals surface area contributed by atoms with Crippen molar-refractivity contribution in [1.29, 1.82) is 10.7 Å². The molecule has 0 aliphatic carbocycles. The van der Waals surface area contributed by atoms with E-state index in [1.165, 1.54) is 21.3 Å². The molecule has 162 valence electrons. The zero-order chi connectivity index (χ0) is 22.1. The zero-order valence-electron chi connectivity index (χ0n) is 17.7. The molecule has 9 heteroatoms. The lowest BCUT2D eigenvalue weighted by molar-refractivity contribution is -0.131. The van der Waals surface area contributed by atoms with Gasteiger partial charge in [-0.05, 0) is 56.2 Å². The van der Waals surface area contributed by atoms with Crippen LogP contribution in [0, 0.1) is 28.6 Å². The quantitative estimate of drug-likeness (QED) is 0.715. The first kappa shape index (κ1) is 22.2. The van der Waals surface area contributed by atoms with Crippen LogP contribution in [0.3, 0.4) is 0 Å². The highest BCUT2D eigenvalue weighted by Gasteiger charge is 2.46. The molecule has 30 heavy (non-hydrogen) atoms. The van der Waals surface area contributed by atoms with Gasteiger partial charge in [0.25, 0.3) is 5.91 Å². The molecule has 0 saturated carbocycles. The van der Waals surface area contributed by atoms with Crippen LogP contribution in [0.2, 0.25) is 0 Å². The van der Waals surface area contributed by atoms with Gasteiger partial charge in [-0.25, -0.2) is 8.42 Å². The van der Waals surface area contributed by atoms with E-state index in [0.29, 0.717) is 50.4 Å². The van der Waals surface area contributed by atoms with E-state index >= 15 is 0 Å². The van der Waals surface area contributed by atoms with Gasteiger partial charge in [-0.3, -0.25) is 15.1 Å². The molecule has 2 saturated heterocycles. The van der Waals surface area contributed by atoms with Crippen LogP contribution in [0.15, 0.2) is 29.2 Å². The minimum absolute atomic E-state index is 0.0791. The number of rotatable bonds is 6. The molecule has 0 spiro atoms. The van der Waals surface area contributed by atoms with Gasteiger partial charge in [0.1, 0.15) is 5.54 Å². The summed E-state index contributed by atoms with van der Waals surface area (Å²) in [7, 11) is -3.65. The third-order valence-electron chi connectivity index (χ3n) is 5.81. The number of carbonyl (C=O) groups excluding carboxylic acids is 1. The van der Waals surface area contributed by atoms with Crippen LogP contribution < -0.4 is 5.32 Å². The molecule has 1 amide bonds. The number of hydrogen-bond acceptors (Lipinski definition) is 5. The minimum atomic E-state index is -3.65. The molecule has 1 aromatic carbocycles. The lowest BCUT2D eigenvalue weighted by atomic mass is 9.90. The number of nitriles is 1. The Bertz CT molecular complexity index is 977. The molecular weight excluding hydrogens is 402 g/mol. The molecule has 0 aromatic heterocycles. The monoisotopic (exact) mass is 431 g/mol. The number of hydrogen-bond donors (Lipinski definition) is 2. The Hall–Kier alpha value is -2.44. The molecule has 1 aromatic rings. The van der Waals surface area contributed by atoms with Crippen LogP contribution >= 0.6 is 0 Å². The maximum absolute atomic E-state index is 12.9. The van der Waals surface area contributed by atoms with Gasteiger partial charge >= 0.3 is 0 Å². The highest BCUT2D eigenvalue weighted by molar-refractivity contribution is 7.89. The Labute approximate surface area is 178 Å². The third-order valence-corrected chi connectivity index (χ3v) is 7.71. The van der Waals surface area contributed by atoms with E-state index in [4.69, 9.17) is 10.7 Å². The Morgan fingerprint density at radius 3 is 2.60 bits per heavy atom. The number of guanidine groups is 1. The molecule has 1 unspecified atom stereocenters. The molecule has 2 aliphatic heterocycles. The van der Waals surface area contributed by atoms with Gasteiger partial charge in [0.15, 0.2) is 5.96 Å². The first-order valence-electron chi connectivity index (χ1n) is 10.3. The molecule has 2 heterocycles. The topological polar surface area (TPSA) is 117 Å². The summed E-state index contributed by atoms with van der Waals surface area (Å²) in [6.45, 7) is 7.08. The lowest BCUT2D eigenvalue weighted by Gasteiger charge is -2.33. The van der Waals surface area contributed by atoms with Crippen LogP contribution in [0.4, 0.5) is 0 Å². The Morgan fingerprint density at radius 2 is 2.00 bits per heavy atom. The maximum atomic E-state index is 12.9. The molecule has 0 bridgehead atoms. The summed E-state index contributed by atoms with van der Waals surface area (Å²) in [5.74, 6) is 0.512. The fourth-order valence-electron chi connectivity index (χ4n) is 4.38. The standard InChI is InChI=1S/C21H29N5O3S/c1-15(2)12-21(3)19(27)26(20(23)24-21)14-16-7-9-25(10-8-16)30(28,29)18-6-4-5-17(11-18)13-22/h4-6,11,15-16H,7-10,12,14H2,1-3H3,(H2,23,24). The van der Waals surface area contributed by atoms with Gasteiger partial charge in [0.2, 0.25) is 10.0 Å². The third kappa shape index (κ3) is 4.35. The Balaban J connectivity index is 1.63. The van der Waals surface area contributed by atoms with Crippen molar-refractivity contribution < 1.29 is 13.2 Å². The van der Waals surface area contributed by atoms with Crippen LogP contribution in [0.25, 0.3) is 0 Å². The number of sulfonamides is 1. The van der Waals surface area contributed by atoms with E-state index in [0.717, 1.165) is 0 Å². The summed E-state index contributed by atoms with van der Waals surface area (Å²) in [6.07, 6.45) is 1.90. The highest BCUT2D eigenvalue weighted by Crippen LogP contribution is 2.29. The van der Waals surface area contributed by atoms with Crippen LogP contribution in [-0.2, 0) is 14.8 Å². The van der Waals surface area contributed by atoms with E-state index in [2.05, 4.69) is 19.2 Å². The first-order chi connectivity index (χ1) is 14.1. The van der Waals surface area contributed by atoms with Gasteiger partial charge in [-0.1, -0.05) is 19.9 Å². The summed E-state index contributed by atoms with van der Waals surface area (Å²) >= 11 is 0. The first-order valence-corrected chi connectivity index (χ1v) is 11.7. The number of carbonyl (C=O) groups is 1. The van der Waals surface area contributed by atoms with E-state index in [1.807, 2.05) is 13.0 Å². The van der Waals surface area contributed by atoms with Crippen molar-refractivity contribution in [2.45, 2.75) is 50.5 Å². The molecule has 2 aliphatic rings. The van der Waals surface area contributed by atoms with Crippen molar-refractivity contribution in [3.8, 4) is 6.07 Å². The average molecular weight is 432 g/mol. The number of nitrogens with zero attached hydrogens (tertiary/aromatic N) is 3. The smallest absolute Gasteiger partial charge is 0.254 e. The Kier molecular flexibility index (Phi) is 6.20. The van der Waals surface area contributed by atoms with Crippen molar-refractivity contribution in [2.24, 2.45) is 11.8 Å². The van der Waals surface area contributed by atoms with Crippen molar-refractivity contribution in [3.05, 3.63) is 29.8 Å². The van der Waals surface area contributed by atoms with Crippen molar-refractivity contribution in [1.82, 2.24) is 14.5 Å². The number of piperidine rings is 1. The molecule has 1 atom stereocenters. The van der Waals surface area contributed by atoms with E-state index in [9.17, 15) is 13.2 Å². The van der Waals surface area contributed by atoms with Gasteiger partial charge in [0, 0.05) is 19.6 Å². The van der Waals surface area contributed by atoms with Crippen LogP contribution in [0.1, 0.15) is 45.6 Å². The average Bonchev–Trinajstić information content (AvgIpc) is 2.90. The summed E-state index contributed by atoms with van der Waals surface area (Å²) < 4.78 is 27.3. The predicted molar refractivity (Wildman–Crippen MR) is 113 cm³/mol. The van der Waals surface area contributed by atoms with E-state index in [-0.39, 0.29) is 22.7 Å². The molecule has 3 rings (SSSR count). The molecule has 0 radical (unpaired) electrons. The molecule has 8 nitrogen and oxygen atoms in total. The molecule has 2 N–H and O–H groups in total. The SMILES string of the molecule is CC(C)CC1(C)NC(=N)N(CC2CCN(S(=O)(=O)c3cccc(C#N)c3)CC2)C1=O. The van der Waals surface area contributed by atoms with Gasteiger partial charge in [-0.2, -0.15) is 9.57 Å². The second-order valence-corrected chi connectivity index (χ2v) is 10.7. The van der Waals surface area contributed by atoms with E-state index in [1.54, 1.807) is 12.1 Å². The summed E-state index contributed by atoms with van der Waals surface area (Å²) in [5.41, 5.74) is -0.435. The molecule has 2 fully saturated rings. The normalized spacial score (nSPS) is 23.6. The highest BCUT2D eigenvalue weighted by atomic mass is 32.2. The zero-order valence-corrected chi connectivity index (χ0v) is 18.5. The van der Waals surface area contributed by atoms with Crippen LogP contribution in [0.5, 0.6) is 0 Å². The largest absolute Gasteiger partial charge is 0.342 e. The van der Waals surface area contributed by atoms with Gasteiger partial charge in [-0.15, -0.1) is 0 Å². The van der Waals surface area contributed by atoms with Gasteiger partial charge in [0.05, 0.1) is 16.5 Å². The fraction of sp³-hybridized carbons (Fsp3) is 0.571. The van der Waals surface area contributed by atoms with Crippen molar-refractivity contribution in [3.63, 3.8) is 0 Å². The Morgan fingerprint density at radius 1 is 1.33 bits per heavy atom. The van der Waals surface area contributed by atoms with Gasteiger partial charge < -0.3 is 5.32 Å². The number of benzene rings is 1. The number of nitrogens with one attached hydrogen (secondary N) is 2. The van der Waals surface area contributed by atoms with Crippen LogP contribution in [-0.4, -0.2) is 54.7 Å². The number of amides is 1. The summed E-state index contributed by atoms with van der Waals surface area (Å²) in [5, 5.41) is 20.3. The van der Waals surface area contributed by atoms with Crippen molar-refractivity contribution >= 4 is 21.9 Å². The maximum Gasteiger partial charge on any atom is 0.254 e. The second-order valence-electron chi connectivity index (χ2n) is 8.81. The summed E-state index contributed by atoms with van der Waals surface area (Å²) in [4.78, 5) is 14.5. The lowest BCUT2D eigenvalue weighted by Crippen LogP contribution is -2.46. The van der Waals surface area contributed by atoms with Crippen molar-refractivity contribution in [2.75, 3.05) is 19.6 Å². The second kappa shape index (κ2) is 8.36. The predicted octanol–water partition coefficient (Wildman–Crippen LogP) is 2.13. The molecular formula is C21H29N5O3S. The fourth-order valence-corrected chi connectivity index (χ4v) is 5.89. The minimum Gasteiger partial charge on any atom is -0.342 e.